The molecule has 4 aliphatic rings. The Bertz CT molecular complexity index is 1470. The molecule has 0 amide bonds. The van der Waals surface area contributed by atoms with E-state index in [-0.39, 0.29) is 17.0 Å². The second-order valence-electron chi connectivity index (χ2n) is 10.3. The third-order valence-electron chi connectivity index (χ3n) is 7.92. The second-order valence-corrected chi connectivity index (χ2v) is 10.3. The van der Waals surface area contributed by atoms with Gasteiger partial charge in [0.2, 0.25) is 0 Å². The molecular formula is C24H24N6O2. The van der Waals surface area contributed by atoms with Crippen LogP contribution in [0.2, 0.25) is 0 Å². The number of rotatable bonds is 3. The molecule has 0 radical (unpaired) electrons. The van der Waals surface area contributed by atoms with E-state index in [9.17, 15) is 9.90 Å². The van der Waals surface area contributed by atoms with Gasteiger partial charge >= 0.3 is 0 Å². The van der Waals surface area contributed by atoms with Gasteiger partial charge in [-0.05, 0) is 62.5 Å². The number of aromatic nitrogens is 5. The van der Waals surface area contributed by atoms with Gasteiger partial charge in [-0.2, -0.15) is 5.10 Å². The van der Waals surface area contributed by atoms with Gasteiger partial charge in [0, 0.05) is 28.6 Å². The lowest BCUT2D eigenvalue weighted by Crippen LogP contribution is -2.61. The first-order valence-corrected chi connectivity index (χ1v) is 11.2. The minimum absolute atomic E-state index is 0.0413. The van der Waals surface area contributed by atoms with Crippen LogP contribution in [-0.2, 0) is 5.54 Å². The van der Waals surface area contributed by atoms with E-state index in [2.05, 4.69) is 10.1 Å². The molecule has 8 nitrogen and oxygen atoms in total. The van der Waals surface area contributed by atoms with Gasteiger partial charge in [-0.15, -0.1) is 0 Å². The van der Waals surface area contributed by atoms with Crippen molar-refractivity contribution in [3.05, 3.63) is 53.0 Å². The fourth-order valence-corrected chi connectivity index (χ4v) is 6.11. The Morgan fingerprint density at radius 1 is 1.16 bits per heavy atom. The summed E-state index contributed by atoms with van der Waals surface area (Å²) in [6, 6.07) is 7.90. The highest BCUT2D eigenvalue weighted by Crippen LogP contribution is 2.61. The molecule has 32 heavy (non-hydrogen) atoms. The van der Waals surface area contributed by atoms with E-state index < -0.39 is 5.60 Å². The van der Waals surface area contributed by atoms with Gasteiger partial charge in [0.05, 0.1) is 5.60 Å². The summed E-state index contributed by atoms with van der Waals surface area (Å²) in [6.07, 6.45) is 7.99. The van der Waals surface area contributed by atoms with Gasteiger partial charge in [0.25, 0.3) is 5.56 Å². The number of pyridine rings is 1. The van der Waals surface area contributed by atoms with Crippen molar-refractivity contribution in [3.8, 4) is 11.3 Å². The van der Waals surface area contributed by atoms with E-state index in [1.165, 1.54) is 6.33 Å². The predicted molar refractivity (Wildman–Crippen MR) is 120 cm³/mol. The zero-order valence-electron chi connectivity index (χ0n) is 17.8. The number of imidazole rings is 1. The number of nitrogen functional groups attached to an aromatic ring is 1. The lowest BCUT2D eigenvalue weighted by molar-refractivity contribution is -0.0910. The topological polar surface area (TPSA) is 111 Å². The molecule has 4 aromatic rings. The van der Waals surface area contributed by atoms with Crippen molar-refractivity contribution in [1.82, 2.24) is 24.1 Å². The number of benzene rings is 1. The first-order valence-electron chi connectivity index (χ1n) is 11.2. The minimum Gasteiger partial charge on any atom is -0.390 e. The van der Waals surface area contributed by atoms with Crippen LogP contribution >= 0.6 is 0 Å². The number of aliphatic hydroxyl groups is 1. The molecule has 0 unspecified atom stereocenters. The lowest BCUT2D eigenvalue weighted by Gasteiger charge is -2.62. The Morgan fingerprint density at radius 3 is 2.62 bits per heavy atom. The molecular weight excluding hydrogens is 404 g/mol. The molecule has 4 saturated carbocycles. The summed E-state index contributed by atoms with van der Waals surface area (Å²) in [5, 5.41) is 16.3. The van der Waals surface area contributed by atoms with Crippen LogP contribution in [0.5, 0.6) is 0 Å². The van der Waals surface area contributed by atoms with Crippen molar-refractivity contribution in [2.24, 2.45) is 5.92 Å². The van der Waals surface area contributed by atoms with Crippen LogP contribution in [0.25, 0.3) is 27.5 Å². The highest BCUT2D eigenvalue weighted by atomic mass is 16.3. The monoisotopic (exact) mass is 428 g/mol. The average Bonchev–Trinajstić information content (AvgIpc) is 3.06. The maximum Gasteiger partial charge on any atom is 0.258 e. The van der Waals surface area contributed by atoms with Crippen LogP contribution in [0.4, 0.5) is 5.82 Å². The van der Waals surface area contributed by atoms with Gasteiger partial charge in [0.15, 0.2) is 5.82 Å². The van der Waals surface area contributed by atoms with Crippen molar-refractivity contribution in [1.29, 1.82) is 0 Å². The first kappa shape index (κ1) is 18.3. The molecule has 0 saturated heterocycles. The van der Waals surface area contributed by atoms with Gasteiger partial charge in [-0.25, -0.2) is 14.5 Å². The van der Waals surface area contributed by atoms with Crippen LogP contribution in [-0.4, -0.2) is 34.9 Å². The van der Waals surface area contributed by atoms with Crippen molar-refractivity contribution >= 4 is 22.1 Å². The highest BCUT2D eigenvalue weighted by Gasteiger charge is 2.58. The fraction of sp³-hybridized carbons (Fsp3) is 0.417. The Labute approximate surface area is 183 Å². The molecule has 162 valence electrons. The van der Waals surface area contributed by atoms with Crippen molar-refractivity contribution in [2.45, 2.75) is 56.1 Å². The Morgan fingerprint density at radius 2 is 1.94 bits per heavy atom. The normalized spacial score (nSPS) is 30.7. The average molecular weight is 428 g/mol. The SMILES string of the molecule is CC1(O)CC(c2nc(-c3ccc4ccn(C56CC(C5)C6)c(=O)c4c3)c3c(N)ncnn23)C1. The summed E-state index contributed by atoms with van der Waals surface area (Å²) >= 11 is 0. The predicted octanol–water partition coefficient (Wildman–Crippen LogP) is 2.83. The number of hydrogen-bond acceptors (Lipinski definition) is 6. The molecule has 4 fully saturated rings. The largest absolute Gasteiger partial charge is 0.390 e. The van der Waals surface area contributed by atoms with Gasteiger partial charge in [-0.1, -0.05) is 12.1 Å². The fourth-order valence-electron chi connectivity index (χ4n) is 6.11. The first-order chi connectivity index (χ1) is 15.3. The lowest BCUT2D eigenvalue weighted by atomic mass is 9.49. The zero-order valence-corrected chi connectivity index (χ0v) is 17.8. The van der Waals surface area contributed by atoms with Crippen molar-refractivity contribution in [3.63, 3.8) is 0 Å². The molecule has 2 bridgehead atoms. The molecule has 0 atom stereocenters. The number of hydrogen-bond donors (Lipinski definition) is 2. The number of nitrogens with zero attached hydrogens (tertiary/aromatic N) is 5. The summed E-state index contributed by atoms with van der Waals surface area (Å²) in [6.45, 7) is 1.84. The van der Waals surface area contributed by atoms with E-state index in [1.54, 1.807) is 4.52 Å². The van der Waals surface area contributed by atoms with Gasteiger partial charge in [0.1, 0.15) is 23.4 Å². The maximum atomic E-state index is 13.4. The molecule has 1 aromatic carbocycles. The Hall–Kier alpha value is -3.26. The third kappa shape index (κ3) is 2.30. The molecule has 0 aliphatic heterocycles. The van der Waals surface area contributed by atoms with E-state index in [1.807, 2.05) is 42.0 Å². The second kappa shape index (κ2) is 5.75. The summed E-state index contributed by atoms with van der Waals surface area (Å²) in [7, 11) is 0. The van der Waals surface area contributed by atoms with Gasteiger partial charge < -0.3 is 15.4 Å². The van der Waals surface area contributed by atoms with Gasteiger partial charge in [-0.3, -0.25) is 4.79 Å². The molecule has 3 heterocycles. The van der Waals surface area contributed by atoms with Crippen molar-refractivity contribution in [2.75, 3.05) is 5.73 Å². The van der Waals surface area contributed by atoms with E-state index in [4.69, 9.17) is 10.7 Å². The molecule has 3 aromatic heterocycles. The highest BCUT2D eigenvalue weighted by molar-refractivity contribution is 5.91. The summed E-state index contributed by atoms with van der Waals surface area (Å²) in [5.74, 6) is 2.02. The van der Waals surface area contributed by atoms with E-state index in [0.29, 0.717) is 35.3 Å². The van der Waals surface area contributed by atoms with Crippen LogP contribution in [0, 0.1) is 5.92 Å². The quantitative estimate of drug-likeness (QED) is 0.519. The summed E-state index contributed by atoms with van der Waals surface area (Å²) < 4.78 is 3.69. The smallest absolute Gasteiger partial charge is 0.258 e. The maximum absolute atomic E-state index is 13.4. The molecule has 4 aliphatic carbocycles. The third-order valence-corrected chi connectivity index (χ3v) is 7.92. The summed E-state index contributed by atoms with van der Waals surface area (Å²) in [4.78, 5) is 22.5. The number of anilines is 1. The van der Waals surface area contributed by atoms with Crippen LogP contribution in [0.15, 0.2) is 41.6 Å². The Kier molecular flexibility index (Phi) is 3.29. The zero-order chi connectivity index (χ0) is 21.8. The van der Waals surface area contributed by atoms with E-state index in [0.717, 1.165) is 42.0 Å². The molecule has 0 spiro atoms. The van der Waals surface area contributed by atoms with Crippen LogP contribution < -0.4 is 11.3 Å². The summed E-state index contributed by atoms with van der Waals surface area (Å²) in [5.41, 5.74) is 7.81. The van der Waals surface area contributed by atoms with Crippen LogP contribution in [0.1, 0.15) is 50.8 Å². The van der Waals surface area contributed by atoms with E-state index >= 15 is 0 Å². The van der Waals surface area contributed by atoms with Crippen molar-refractivity contribution < 1.29 is 5.11 Å². The molecule has 8 rings (SSSR count). The minimum atomic E-state index is -0.676. The number of nitrogens with two attached hydrogens (primary N) is 1. The standard InChI is InChI=1S/C24H24N6O2/c1-23(32)10-16(11-23)21-28-18(19-20(25)26-12-27-30(19)21)15-3-2-14-4-5-29(22(31)17(14)6-15)24-7-13(8-24)9-24/h2-6,12-13,16,32H,7-11H2,1H3,(H2,25,26,27). The number of fused-ring (bicyclic) bond motifs is 2. The van der Waals surface area contributed by atoms with Crippen LogP contribution in [0.3, 0.4) is 0 Å². The molecule has 3 N–H and O–H groups in total. The molecule has 8 heteroatoms. The Balaban J connectivity index is 1.41.